The molecule has 0 heterocycles. The highest BCUT2D eigenvalue weighted by atomic mass is 35.5. The molecule has 4 nitrogen and oxygen atoms in total. The zero-order chi connectivity index (χ0) is 14.4. The number of carbonyl (C=O) groups excluding carboxylic acids is 1. The molecule has 118 valence electrons. The van der Waals surface area contributed by atoms with Crippen molar-refractivity contribution in [2.75, 3.05) is 13.2 Å². The lowest BCUT2D eigenvalue weighted by molar-refractivity contribution is -0.121. The predicted molar refractivity (Wildman–Crippen MR) is 86.9 cm³/mol. The first-order valence-electron chi connectivity index (χ1n) is 7.44. The van der Waals surface area contributed by atoms with E-state index in [2.05, 4.69) is 5.32 Å². The van der Waals surface area contributed by atoms with E-state index in [1.165, 1.54) is 0 Å². The third-order valence-corrected chi connectivity index (χ3v) is 3.91. The second-order valence-corrected chi connectivity index (χ2v) is 5.35. The van der Waals surface area contributed by atoms with Gasteiger partial charge in [-0.1, -0.05) is 18.6 Å². The van der Waals surface area contributed by atoms with Gasteiger partial charge in [0.05, 0.1) is 13.0 Å². The minimum atomic E-state index is 0. The van der Waals surface area contributed by atoms with Gasteiger partial charge < -0.3 is 15.8 Å². The van der Waals surface area contributed by atoms with Gasteiger partial charge in [-0.15, -0.1) is 12.4 Å². The molecule has 1 fully saturated rings. The van der Waals surface area contributed by atoms with E-state index >= 15 is 0 Å². The van der Waals surface area contributed by atoms with Gasteiger partial charge in [0.25, 0.3) is 0 Å². The van der Waals surface area contributed by atoms with Gasteiger partial charge in [-0.3, -0.25) is 4.79 Å². The molecule has 1 aliphatic rings. The molecule has 0 bridgehead atoms. The van der Waals surface area contributed by atoms with Gasteiger partial charge in [0, 0.05) is 6.04 Å². The molecule has 0 saturated heterocycles. The Balaban J connectivity index is 0.00000220. The van der Waals surface area contributed by atoms with Crippen LogP contribution in [0.5, 0.6) is 5.75 Å². The summed E-state index contributed by atoms with van der Waals surface area (Å²) in [7, 11) is 0. The molecule has 1 amide bonds. The Hall–Kier alpha value is -1.26. The number of nitrogens with two attached hydrogens (primary N) is 1. The van der Waals surface area contributed by atoms with Gasteiger partial charge in [-0.2, -0.15) is 0 Å². The molecule has 2 rings (SSSR count). The van der Waals surface area contributed by atoms with Crippen molar-refractivity contribution in [2.45, 2.75) is 38.6 Å². The first-order valence-corrected chi connectivity index (χ1v) is 7.44. The number of nitrogens with one attached hydrogen (secondary N) is 1. The van der Waals surface area contributed by atoms with Crippen molar-refractivity contribution < 1.29 is 9.53 Å². The lowest BCUT2D eigenvalue weighted by Crippen LogP contribution is -2.40. The maximum absolute atomic E-state index is 12.1. The molecule has 2 unspecified atom stereocenters. The highest BCUT2D eigenvalue weighted by Crippen LogP contribution is 2.24. The van der Waals surface area contributed by atoms with Gasteiger partial charge in [0.1, 0.15) is 5.75 Å². The molecule has 21 heavy (non-hydrogen) atoms. The third-order valence-electron chi connectivity index (χ3n) is 3.91. The average molecular weight is 313 g/mol. The lowest BCUT2D eigenvalue weighted by atomic mass is 10.0. The van der Waals surface area contributed by atoms with Crippen molar-refractivity contribution in [3.63, 3.8) is 0 Å². The Kier molecular flexibility index (Phi) is 7.54. The first-order chi connectivity index (χ1) is 9.72. The highest BCUT2D eigenvalue weighted by Gasteiger charge is 2.27. The SMILES string of the molecule is CCOc1ccc(CC(=O)NC2CCCC2CN)cc1.Cl. The van der Waals surface area contributed by atoms with E-state index in [1.54, 1.807) is 0 Å². The van der Waals surface area contributed by atoms with Crippen LogP contribution in [0.15, 0.2) is 24.3 Å². The Labute approximate surface area is 132 Å². The van der Waals surface area contributed by atoms with Crippen molar-refractivity contribution in [3.05, 3.63) is 29.8 Å². The normalized spacial score (nSPS) is 20.7. The quantitative estimate of drug-likeness (QED) is 0.847. The van der Waals surface area contributed by atoms with Crippen LogP contribution >= 0.6 is 12.4 Å². The number of carbonyl (C=O) groups is 1. The van der Waals surface area contributed by atoms with Crippen LogP contribution in [-0.4, -0.2) is 25.1 Å². The monoisotopic (exact) mass is 312 g/mol. The number of halogens is 1. The van der Waals surface area contributed by atoms with E-state index < -0.39 is 0 Å². The predicted octanol–water partition coefficient (Wildman–Crippen LogP) is 2.29. The summed E-state index contributed by atoms with van der Waals surface area (Å²) < 4.78 is 5.39. The van der Waals surface area contributed by atoms with Crippen LogP contribution in [0.4, 0.5) is 0 Å². The summed E-state index contributed by atoms with van der Waals surface area (Å²) in [6.45, 7) is 3.27. The van der Waals surface area contributed by atoms with Crippen LogP contribution in [0.1, 0.15) is 31.7 Å². The summed E-state index contributed by atoms with van der Waals surface area (Å²) in [5, 5.41) is 3.12. The molecule has 1 aliphatic carbocycles. The fourth-order valence-electron chi connectivity index (χ4n) is 2.82. The minimum Gasteiger partial charge on any atom is -0.494 e. The molecule has 3 N–H and O–H groups in total. The molecular weight excluding hydrogens is 288 g/mol. The zero-order valence-corrected chi connectivity index (χ0v) is 13.3. The van der Waals surface area contributed by atoms with Crippen LogP contribution in [0, 0.1) is 5.92 Å². The smallest absolute Gasteiger partial charge is 0.224 e. The van der Waals surface area contributed by atoms with E-state index in [4.69, 9.17) is 10.5 Å². The summed E-state index contributed by atoms with van der Waals surface area (Å²) in [6.07, 6.45) is 3.76. The fraction of sp³-hybridized carbons (Fsp3) is 0.562. The summed E-state index contributed by atoms with van der Waals surface area (Å²) in [6, 6.07) is 7.96. The van der Waals surface area contributed by atoms with Crippen LogP contribution < -0.4 is 15.8 Å². The van der Waals surface area contributed by atoms with Crippen LogP contribution in [-0.2, 0) is 11.2 Å². The molecule has 1 aromatic rings. The number of benzene rings is 1. The number of rotatable bonds is 6. The average Bonchev–Trinajstić information content (AvgIpc) is 2.88. The van der Waals surface area contributed by atoms with Crippen molar-refractivity contribution in [3.8, 4) is 5.75 Å². The Morgan fingerprint density at radius 1 is 1.33 bits per heavy atom. The third kappa shape index (κ3) is 5.21. The van der Waals surface area contributed by atoms with Gasteiger partial charge in [0.2, 0.25) is 5.91 Å². The maximum Gasteiger partial charge on any atom is 0.224 e. The molecule has 1 saturated carbocycles. The number of ether oxygens (including phenoxy) is 1. The van der Waals surface area contributed by atoms with E-state index in [0.717, 1.165) is 30.6 Å². The standard InChI is InChI=1S/C16H24N2O2.ClH/c1-2-20-14-8-6-12(7-9-14)10-16(19)18-15-5-3-4-13(15)11-17;/h6-9,13,15H,2-5,10-11,17H2,1H3,(H,18,19);1H. The topological polar surface area (TPSA) is 64.3 Å². The molecule has 0 spiro atoms. The molecule has 2 atom stereocenters. The van der Waals surface area contributed by atoms with Gasteiger partial charge in [-0.05, 0) is 49.9 Å². The number of amides is 1. The zero-order valence-electron chi connectivity index (χ0n) is 12.5. The minimum absolute atomic E-state index is 0. The maximum atomic E-state index is 12.1. The van der Waals surface area contributed by atoms with Crippen molar-refractivity contribution in [1.29, 1.82) is 0 Å². The van der Waals surface area contributed by atoms with Gasteiger partial charge >= 0.3 is 0 Å². The van der Waals surface area contributed by atoms with Crippen molar-refractivity contribution in [2.24, 2.45) is 11.7 Å². The molecular formula is C16H25ClN2O2. The van der Waals surface area contributed by atoms with Crippen molar-refractivity contribution >= 4 is 18.3 Å². The molecule has 0 aromatic heterocycles. The second kappa shape index (κ2) is 8.90. The first kappa shape index (κ1) is 17.8. The molecule has 1 aromatic carbocycles. The molecule has 5 heteroatoms. The molecule has 0 radical (unpaired) electrons. The van der Waals surface area contributed by atoms with E-state index in [0.29, 0.717) is 25.5 Å². The largest absolute Gasteiger partial charge is 0.494 e. The summed E-state index contributed by atoms with van der Waals surface area (Å²) in [5.41, 5.74) is 6.74. The fourth-order valence-corrected chi connectivity index (χ4v) is 2.82. The highest BCUT2D eigenvalue weighted by molar-refractivity contribution is 5.85. The van der Waals surface area contributed by atoms with E-state index in [-0.39, 0.29) is 24.4 Å². The van der Waals surface area contributed by atoms with Crippen molar-refractivity contribution in [1.82, 2.24) is 5.32 Å². The van der Waals surface area contributed by atoms with Gasteiger partial charge in [0.15, 0.2) is 0 Å². The van der Waals surface area contributed by atoms with Crippen LogP contribution in [0.2, 0.25) is 0 Å². The number of hydrogen-bond donors (Lipinski definition) is 2. The van der Waals surface area contributed by atoms with Crippen LogP contribution in [0.3, 0.4) is 0 Å². The Morgan fingerprint density at radius 2 is 2.05 bits per heavy atom. The second-order valence-electron chi connectivity index (χ2n) is 5.35. The Morgan fingerprint density at radius 3 is 2.67 bits per heavy atom. The van der Waals surface area contributed by atoms with Gasteiger partial charge in [-0.25, -0.2) is 0 Å². The van der Waals surface area contributed by atoms with Crippen LogP contribution in [0.25, 0.3) is 0 Å². The lowest BCUT2D eigenvalue weighted by Gasteiger charge is -2.19. The number of hydrogen-bond acceptors (Lipinski definition) is 3. The van der Waals surface area contributed by atoms with E-state index in [1.807, 2.05) is 31.2 Å². The van der Waals surface area contributed by atoms with E-state index in [9.17, 15) is 4.79 Å². The summed E-state index contributed by atoms with van der Waals surface area (Å²) >= 11 is 0. The molecule has 0 aliphatic heterocycles. The Bertz CT molecular complexity index is 436. The summed E-state index contributed by atoms with van der Waals surface area (Å²) in [4.78, 5) is 12.1. The summed E-state index contributed by atoms with van der Waals surface area (Å²) in [5.74, 6) is 1.37.